The van der Waals surface area contributed by atoms with Crippen molar-refractivity contribution in [2.24, 2.45) is 13.0 Å². The van der Waals surface area contributed by atoms with Crippen LogP contribution in [0.2, 0.25) is 5.02 Å². The lowest BCUT2D eigenvalue weighted by molar-refractivity contribution is -0.136. The highest BCUT2D eigenvalue weighted by molar-refractivity contribution is 6.33. The number of amides is 4. The number of carbonyl (C=O) groups is 5. The minimum absolute atomic E-state index is 0.0837. The van der Waals surface area contributed by atoms with Gasteiger partial charge in [-0.05, 0) is 74.6 Å². The average molecular weight is 766 g/mol. The van der Waals surface area contributed by atoms with E-state index in [2.05, 4.69) is 30.3 Å². The largest absolute Gasteiger partial charge is 0.369 e. The summed E-state index contributed by atoms with van der Waals surface area (Å²) in [6, 6.07) is 11.4. The van der Waals surface area contributed by atoms with Crippen LogP contribution in [0.1, 0.15) is 63.7 Å². The molecule has 2 aromatic carbocycles. The zero-order valence-corrected chi connectivity index (χ0v) is 31.3. The molecule has 0 spiro atoms. The highest BCUT2D eigenvalue weighted by Gasteiger charge is 2.45. The summed E-state index contributed by atoms with van der Waals surface area (Å²) in [5.74, 6) is -0.724. The number of rotatable bonds is 8. The maximum atomic E-state index is 13.3. The number of pyridine rings is 1. The van der Waals surface area contributed by atoms with E-state index in [9.17, 15) is 28.8 Å². The van der Waals surface area contributed by atoms with Crippen LogP contribution in [0.4, 0.5) is 23.1 Å². The molecule has 0 saturated carbocycles. The van der Waals surface area contributed by atoms with E-state index in [0.29, 0.717) is 39.5 Å². The summed E-state index contributed by atoms with van der Waals surface area (Å²) in [6.07, 6.45) is 3.78. The number of Topliss-reactive ketones (excluding diaryl/α,β-unsaturated/α-hetero) is 1. The van der Waals surface area contributed by atoms with Crippen molar-refractivity contribution in [2.75, 3.05) is 60.9 Å². The van der Waals surface area contributed by atoms with Crippen LogP contribution in [0.25, 0.3) is 10.9 Å². The summed E-state index contributed by atoms with van der Waals surface area (Å²) in [7, 11) is 1.65. The summed E-state index contributed by atoms with van der Waals surface area (Å²) in [6.45, 7) is 7.26. The molecule has 0 aliphatic carbocycles. The van der Waals surface area contributed by atoms with Gasteiger partial charge in [-0.15, -0.1) is 0 Å². The van der Waals surface area contributed by atoms with Crippen LogP contribution in [-0.4, -0.2) is 106 Å². The number of piperazine rings is 1. The molecule has 4 aliphatic rings. The lowest BCUT2D eigenvalue weighted by Gasteiger charge is -2.39. The molecule has 4 aliphatic heterocycles. The van der Waals surface area contributed by atoms with Crippen LogP contribution in [0, 0.1) is 5.92 Å². The van der Waals surface area contributed by atoms with Gasteiger partial charge in [0.1, 0.15) is 11.1 Å². The van der Waals surface area contributed by atoms with Crippen LogP contribution in [-0.2, 0) is 16.6 Å². The molecular weight excluding hydrogens is 726 g/mol. The third kappa shape index (κ3) is 6.93. The highest BCUT2D eigenvalue weighted by atomic mass is 35.5. The second-order valence-corrected chi connectivity index (χ2v) is 15.0. The van der Waals surface area contributed by atoms with E-state index < -0.39 is 29.7 Å². The number of carbonyl (C=O) groups excluding carboxylic acids is 5. The van der Waals surface area contributed by atoms with Gasteiger partial charge in [0.2, 0.25) is 17.8 Å². The van der Waals surface area contributed by atoms with E-state index in [1.165, 1.54) is 11.5 Å². The molecule has 4 amide bonds. The minimum Gasteiger partial charge on any atom is -0.369 e. The summed E-state index contributed by atoms with van der Waals surface area (Å²) < 4.78 is 1.47. The number of aryl methyl sites for hydroxylation is 1. The summed E-state index contributed by atoms with van der Waals surface area (Å²) in [5, 5.41) is 6.64. The number of nitrogens with zero attached hydrogens (tertiary/aromatic N) is 7. The van der Waals surface area contributed by atoms with Gasteiger partial charge in [0.15, 0.2) is 11.6 Å². The van der Waals surface area contributed by atoms with Crippen LogP contribution < -0.4 is 26.0 Å². The van der Waals surface area contributed by atoms with E-state index in [0.717, 1.165) is 74.6 Å². The Hall–Kier alpha value is -5.67. The van der Waals surface area contributed by atoms with Crippen LogP contribution >= 0.6 is 11.6 Å². The Morgan fingerprint density at radius 3 is 2.36 bits per heavy atom. The van der Waals surface area contributed by atoms with Gasteiger partial charge in [-0.2, -0.15) is 4.98 Å². The molecular formula is C39H40ClN9O6. The van der Waals surface area contributed by atoms with Crippen molar-refractivity contribution >= 4 is 75.1 Å². The number of ketones is 1. The fourth-order valence-electron chi connectivity index (χ4n) is 8.07. The molecule has 6 heterocycles. The smallest absolute Gasteiger partial charge is 0.262 e. The molecule has 284 valence electrons. The molecule has 0 radical (unpaired) electrons. The normalized spacial score (nSPS) is 19.6. The number of piperidine rings is 2. The first kappa shape index (κ1) is 36.3. The third-order valence-corrected chi connectivity index (χ3v) is 11.4. The van der Waals surface area contributed by atoms with Gasteiger partial charge in [-0.25, -0.2) is 4.98 Å². The number of hydrogen-bond acceptors (Lipinski definition) is 12. The zero-order chi connectivity index (χ0) is 38.5. The minimum atomic E-state index is -0.983. The van der Waals surface area contributed by atoms with Gasteiger partial charge in [0.05, 0.1) is 28.4 Å². The topological polar surface area (TPSA) is 170 Å². The quantitative estimate of drug-likeness (QED) is 0.199. The van der Waals surface area contributed by atoms with Crippen molar-refractivity contribution in [3.8, 4) is 0 Å². The Balaban J connectivity index is 0.847. The number of aromatic nitrogens is 3. The molecule has 15 nitrogen and oxygen atoms in total. The Kier molecular flexibility index (Phi) is 9.59. The Morgan fingerprint density at radius 2 is 1.64 bits per heavy atom. The van der Waals surface area contributed by atoms with Crippen LogP contribution in [0.3, 0.4) is 0 Å². The van der Waals surface area contributed by atoms with E-state index >= 15 is 0 Å². The number of benzene rings is 2. The molecule has 0 bridgehead atoms. The van der Waals surface area contributed by atoms with Gasteiger partial charge < -0.3 is 19.7 Å². The molecule has 2 N–H and O–H groups in total. The van der Waals surface area contributed by atoms with Crippen LogP contribution in [0.5, 0.6) is 0 Å². The maximum Gasteiger partial charge on any atom is 0.262 e. The van der Waals surface area contributed by atoms with Crippen molar-refractivity contribution in [1.29, 1.82) is 0 Å². The number of hydrogen-bond donors (Lipinski definition) is 2. The number of nitrogens with one attached hydrogen (secondary N) is 2. The van der Waals surface area contributed by atoms with Crippen molar-refractivity contribution in [3.05, 3.63) is 80.7 Å². The Labute approximate surface area is 321 Å². The van der Waals surface area contributed by atoms with Crippen LogP contribution in [0.15, 0.2) is 53.5 Å². The number of imide groups is 2. The van der Waals surface area contributed by atoms with Gasteiger partial charge in [-0.3, -0.25) is 43.9 Å². The zero-order valence-electron chi connectivity index (χ0n) is 30.5. The molecule has 3 fully saturated rings. The van der Waals surface area contributed by atoms with E-state index in [1.807, 2.05) is 24.3 Å². The SMILES string of the molecule is CC(=O)c1cc2cc(Nc3nc(N4CCC(CN5CCN(c6ccc7c(c6)C(=O)N(C6CCC(=O)NC6=O)C7=O)CC5)CC4)ncc3Cl)ccc2n(C)c1=O. The predicted octanol–water partition coefficient (Wildman–Crippen LogP) is 3.37. The second kappa shape index (κ2) is 14.5. The average Bonchev–Trinajstić information content (AvgIpc) is 3.42. The van der Waals surface area contributed by atoms with Crippen molar-refractivity contribution in [3.63, 3.8) is 0 Å². The van der Waals surface area contributed by atoms with Gasteiger partial charge in [-0.1, -0.05) is 11.6 Å². The summed E-state index contributed by atoms with van der Waals surface area (Å²) >= 11 is 6.52. The van der Waals surface area contributed by atoms with Crippen molar-refractivity contribution in [2.45, 2.75) is 38.6 Å². The molecule has 1 unspecified atom stereocenters. The van der Waals surface area contributed by atoms with Crippen molar-refractivity contribution < 1.29 is 24.0 Å². The number of anilines is 4. The predicted molar refractivity (Wildman–Crippen MR) is 206 cm³/mol. The lowest BCUT2D eigenvalue weighted by Crippen LogP contribution is -2.54. The van der Waals surface area contributed by atoms with E-state index in [-0.39, 0.29) is 35.3 Å². The first-order chi connectivity index (χ1) is 26.4. The first-order valence-corrected chi connectivity index (χ1v) is 18.8. The first-order valence-electron chi connectivity index (χ1n) is 18.5. The second-order valence-electron chi connectivity index (χ2n) is 14.6. The summed E-state index contributed by atoms with van der Waals surface area (Å²) in [5.41, 5.74) is 2.66. The standard InChI is InChI=1S/C39H40ClN9O6/c1-22(50)28-18-24-17-25(3-6-31(24)45(2)36(28)53)42-34-30(40)20-41-39(44-34)48-11-9-23(10-12-48)21-46-13-15-47(16-14-46)26-4-5-27-29(19-26)38(55)49(37(27)54)32-7-8-33(51)43-35(32)52/h3-6,17-20,23,32H,7-16,21H2,1-2H3,(H,41,42,44)(H,43,51,52). The molecule has 4 aromatic rings. The maximum absolute atomic E-state index is 13.3. The lowest BCUT2D eigenvalue weighted by atomic mass is 9.96. The van der Waals surface area contributed by atoms with E-state index in [1.54, 1.807) is 31.4 Å². The van der Waals surface area contributed by atoms with E-state index in [4.69, 9.17) is 16.6 Å². The highest BCUT2D eigenvalue weighted by Crippen LogP contribution is 2.32. The molecule has 55 heavy (non-hydrogen) atoms. The molecule has 3 saturated heterocycles. The number of halogens is 1. The van der Waals surface area contributed by atoms with Gasteiger partial charge in [0.25, 0.3) is 17.4 Å². The molecule has 8 rings (SSSR count). The Bertz CT molecular complexity index is 2330. The summed E-state index contributed by atoms with van der Waals surface area (Å²) in [4.78, 5) is 92.3. The number of fused-ring (bicyclic) bond motifs is 2. The fourth-order valence-corrected chi connectivity index (χ4v) is 8.21. The van der Waals surface area contributed by atoms with Gasteiger partial charge in [0, 0.05) is 76.0 Å². The third-order valence-electron chi connectivity index (χ3n) is 11.2. The monoisotopic (exact) mass is 765 g/mol. The van der Waals surface area contributed by atoms with Crippen molar-refractivity contribution in [1.82, 2.24) is 29.7 Å². The molecule has 2 aromatic heterocycles. The molecule has 1 atom stereocenters. The molecule has 16 heteroatoms. The Morgan fingerprint density at radius 1 is 0.891 bits per heavy atom. The fraction of sp³-hybridized carbons (Fsp3) is 0.385. The van der Waals surface area contributed by atoms with Gasteiger partial charge >= 0.3 is 0 Å².